The lowest BCUT2D eigenvalue weighted by Gasteiger charge is -2.30. The smallest absolute Gasteiger partial charge is 0.326 e. The highest BCUT2D eigenvalue weighted by Gasteiger charge is 2.34. The van der Waals surface area contributed by atoms with Crippen molar-refractivity contribution in [2.24, 2.45) is 17.8 Å². The number of aliphatic carboxylic acids is 1. The van der Waals surface area contributed by atoms with E-state index >= 15 is 0 Å². The van der Waals surface area contributed by atoms with Gasteiger partial charge in [-0.3, -0.25) is 14.4 Å². The molecule has 0 aromatic heterocycles. The van der Waals surface area contributed by atoms with Gasteiger partial charge in [0.2, 0.25) is 17.7 Å². The second-order valence-electron chi connectivity index (χ2n) is 9.07. The molecule has 1 aliphatic rings. The second-order valence-corrected chi connectivity index (χ2v) is 9.07. The average Bonchev–Trinajstić information content (AvgIpc) is 2.74. The minimum atomic E-state index is -1.05. The molecular formula is C23H41N3O5. The molecule has 0 bridgehead atoms. The zero-order valence-electron chi connectivity index (χ0n) is 19.7. The van der Waals surface area contributed by atoms with Gasteiger partial charge in [-0.15, -0.1) is 0 Å². The first-order chi connectivity index (χ1) is 14.6. The Morgan fingerprint density at radius 3 is 1.77 bits per heavy atom. The fourth-order valence-electron chi connectivity index (χ4n) is 4.11. The van der Waals surface area contributed by atoms with Crippen LogP contribution in [-0.4, -0.2) is 46.9 Å². The first-order valence-electron chi connectivity index (χ1n) is 11.7. The van der Waals surface area contributed by atoms with Crippen LogP contribution in [0.15, 0.2) is 0 Å². The van der Waals surface area contributed by atoms with Gasteiger partial charge in [0.05, 0.1) is 0 Å². The molecule has 8 nitrogen and oxygen atoms in total. The van der Waals surface area contributed by atoms with Crippen molar-refractivity contribution in [3.8, 4) is 0 Å². The van der Waals surface area contributed by atoms with E-state index in [0.29, 0.717) is 25.2 Å². The molecule has 178 valence electrons. The molecule has 4 N–H and O–H groups in total. The van der Waals surface area contributed by atoms with Crippen molar-refractivity contribution >= 4 is 23.7 Å². The Bertz CT molecular complexity index is 618. The zero-order chi connectivity index (χ0) is 23.6. The molecule has 1 fully saturated rings. The molecule has 0 spiro atoms. The van der Waals surface area contributed by atoms with Gasteiger partial charge in [0.15, 0.2) is 0 Å². The summed E-state index contributed by atoms with van der Waals surface area (Å²) in [6.45, 7) is 8.90. The summed E-state index contributed by atoms with van der Waals surface area (Å²) in [6.07, 6.45) is 7.05. The molecule has 3 amide bonds. The fraction of sp³-hybridized carbons (Fsp3) is 0.826. The second kappa shape index (κ2) is 13.3. The van der Waals surface area contributed by atoms with E-state index in [2.05, 4.69) is 16.0 Å². The van der Waals surface area contributed by atoms with E-state index in [4.69, 9.17) is 0 Å². The Kier molecular flexibility index (Phi) is 11.6. The van der Waals surface area contributed by atoms with Crippen molar-refractivity contribution in [2.45, 2.75) is 104 Å². The summed E-state index contributed by atoms with van der Waals surface area (Å²) >= 11 is 0. The van der Waals surface area contributed by atoms with Gasteiger partial charge in [0.1, 0.15) is 18.1 Å². The zero-order valence-corrected chi connectivity index (χ0v) is 19.7. The minimum Gasteiger partial charge on any atom is -0.480 e. The largest absolute Gasteiger partial charge is 0.480 e. The van der Waals surface area contributed by atoms with Gasteiger partial charge in [-0.2, -0.15) is 0 Å². The minimum absolute atomic E-state index is 0.109. The molecule has 0 aromatic carbocycles. The third-order valence-corrected chi connectivity index (χ3v) is 6.56. The molecule has 31 heavy (non-hydrogen) atoms. The van der Waals surface area contributed by atoms with Crippen molar-refractivity contribution in [1.29, 1.82) is 0 Å². The average molecular weight is 440 g/mol. The van der Waals surface area contributed by atoms with Gasteiger partial charge in [0.25, 0.3) is 0 Å². The standard InChI is InChI=1S/C23H41N3O5/c1-6-14(3)19(24-16(5)27)22(29)26-20(15(4)7-2)21(28)25-18(23(30)31)13-17-11-9-8-10-12-17/h14-15,17-20H,6-13H2,1-5H3,(H,24,27)(H,25,28)(H,26,29)(H,30,31)/t14-,15-,18-,19-,20-/m0/s1. The van der Waals surface area contributed by atoms with E-state index in [-0.39, 0.29) is 17.7 Å². The molecule has 0 aromatic rings. The lowest BCUT2D eigenvalue weighted by atomic mass is 9.84. The highest BCUT2D eigenvalue weighted by atomic mass is 16.4. The Balaban J connectivity index is 2.92. The van der Waals surface area contributed by atoms with E-state index in [1.54, 1.807) is 0 Å². The summed E-state index contributed by atoms with van der Waals surface area (Å²) in [5, 5.41) is 17.8. The summed E-state index contributed by atoms with van der Waals surface area (Å²) in [6, 6.07) is -2.59. The fourth-order valence-corrected chi connectivity index (χ4v) is 4.11. The number of nitrogens with one attached hydrogen (secondary N) is 3. The normalized spacial score (nSPS) is 19.4. The van der Waals surface area contributed by atoms with Crippen LogP contribution >= 0.6 is 0 Å². The van der Waals surface area contributed by atoms with E-state index in [9.17, 15) is 24.3 Å². The van der Waals surface area contributed by atoms with Crippen LogP contribution in [0.25, 0.3) is 0 Å². The molecular weight excluding hydrogens is 398 g/mol. The molecule has 5 atom stereocenters. The lowest BCUT2D eigenvalue weighted by molar-refractivity contribution is -0.143. The maximum Gasteiger partial charge on any atom is 0.326 e. The van der Waals surface area contributed by atoms with Crippen LogP contribution in [0.5, 0.6) is 0 Å². The predicted molar refractivity (Wildman–Crippen MR) is 119 cm³/mol. The predicted octanol–water partition coefficient (Wildman–Crippen LogP) is 2.61. The number of amides is 3. The van der Waals surface area contributed by atoms with Crippen molar-refractivity contribution in [2.75, 3.05) is 0 Å². The summed E-state index contributed by atoms with van der Waals surface area (Å²) in [7, 11) is 0. The van der Waals surface area contributed by atoms with Crippen LogP contribution in [-0.2, 0) is 19.2 Å². The Hall–Kier alpha value is -2.12. The number of carbonyl (C=O) groups excluding carboxylic acids is 3. The first kappa shape index (κ1) is 26.9. The maximum atomic E-state index is 13.0. The number of hydrogen-bond donors (Lipinski definition) is 4. The van der Waals surface area contributed by atoms with Gasteiger partial charge in [0, 0.05) is 6.92 Å². The van der Waals surface area contributed by atoms with Crippen molar-refractivity contribution in [1.82, 2.24) is 16.0 Å². The van der Waals surface area contributed by atoms with E-state index in [0.717, 1.165) is 25.7 Å². The summed E-state index contributed by atoms with van der Waals surface area (Å²) < 4.78 is 0. The number of rotatable bonds is 12. The van der Waals surface area contributed by atoms with Crippen molar-refractivity contribution < 1.29 is 24.3 Å². The molecule has 1 aliphatic carbocycles. The lowest BCUT2D eigenvalue weighted by Crippen LogP contribution is -2.58. The van der Waals surface area contributed by atoms with Gasteiger partial charge in [-0.25, -0.2) is 4.79 Å². The van der Waals surface area contributed by atoms with Crippen LogP contribution in [0.1, 0.15) is 86.0 Å². The molecule has 1 rings (SSSR count). The van der Waals surface area contributed by atoms with E-state index < -0.39 is 35.9 Å². The number of carboxylic acid groups (broad SMARTS) is 1. The SMILES string of the molecule is CC[C@H](C)[C@H](NC(C)=O)C(=O)N[C@H](C(=O)N[C@@H](CC1CCCCC1)C(=O)O)[C@@H](C)CC. The number of carboxylic acids is 1. The summed E-state index contributed by atoms with van der Waals surface area (Å²) in [5.41, 5.74) is 0. The maximum absolute atomic E-state index is 13.0. The molecule has 0 saturated heterocycles. The topological polar surface area (TPSA) is 125 Å². The molecule has 0 unspecified atom stereocenters. The van der Waals surface area contributed by atoms with Gasteiger partial charge in [-0.05, 0) is 24.2 Å². The Morgan fingerprint density at radius 1 is 0.839 bits per heavy atom. The van der Waals surface area contributed by atoms with Crippen LogP contribution in [0.3, 0.4) is 0 Å². The third-order valence-electron chi connectivity index (χ3n) is 6.56. The van der Waals surface area contributed by atoms with Crippen LogP contribution in [0, 0.1) is 17.8 Å². The molecule has 1 saturated carbocycles. The van der Waals surface area contributed by atoms with Gasteiger partial charge in [-0.1, -0.05) is 72.6 Å². The number of hydrogen-bond acceptors (Lipinski definition) is 4. The molecule has 0 aliphatic heterocycles. The number of carbonyl (C=O) groups is 4. The summed E-state index contributed by atoms with van der Waals surface area (Å²) in [5.74, 6) is -2.29. The highest BCUT2D eigenvalue weighted by molar-refractivity contribution is 5.93. The third kappa shape index (κ3) is 8.87. The highest BCUT2D eigenvalue weighted by Crippen LogP contribution is 2.27. The Morgan fingerprint density at radius 2 is 1.32 bits per heavy atom. The van der Waals surface area contributed by atoms with Gasteiger partial charge >= 0.3 is 5.97 Å². The first-order valence-corrected chi connectivity index (χ1v) is 11.7. The summed E-state index contributed by atoms with van der Waals surface area (Å²) in [4.78, 5) is 49.3. The van der Waals surface area contributed by atoms with E-state index in [1.165, 1.54) is 13.3 Å². The van der Waals surface area contributed by atoms with E-state index in [1.807, 2.05) is 27.7 Å². The quantitative estimate of drug-likeness (QED) is 0.372. The molecule has 8 heteroatoms. The Labute approximate surface area is 186 Å². The monoisotopic (exact) mass is 439 g/mol. The van der Waals surface area contributed by atoms with Crippen LogP contribution in [0.2, 0.25) is 0 Å². The van der Waals surface area contributed by atoms with Gasteiger partial charge < -0.3 is 21.1 Å². The van der Waals surface area contributed by atoms with Crippen molar-refractivity contribution in [3.05, 3.63) is 0 Å². The molecule has 0 radical (unpaired) electrons. The molecule has 0 heterocycles. The van der Waals surface area contributed by atoms with Crippen LogP contribution < -0.4 is 16.0 Å². The van der Waals surface area contributed by atoms with Crippen LogP contribution in [0.4, 0.5) is 0 Å². The van der Waals surface area contributed by atoms with Crippen molar-refractivity contribution in [3.63, 3.8) is 0 Å².